The predicted octanol–water partition coefficient (Wildman–Crippen LogP) is 3.75. The van der Waals surface area contributed by atoms with E-state index in [1.165, 1.54) is 0 Å². The fourth-order valence-corrected chi connectivity index (χ4v) is 3.23. The number of carbonyl (C=O) groups is 2. The molecule has 0 aliphatic carbocycles. The summed E-state index contributed by atoms with van der Waals surface area (Å²) in [6, 6.07) is 13.2. The number of hydrogen-bond donors (Lipinski definition) is 1. The van der Waals surface area contributed by atoms with E-state index in [4.69, 9.17) is 0 Å². The first-order valence-electron chi connectivity index (χ1n) is 8.22. The Labute approximate surface area is 142 Å². The summed E-state index contributed by atoms with van der Waals surface area (Å²) in [7, 11) is 0. The highest BCUT2D eigenvalue weighted by atomic mass is 16.2. The van der Waals surface area contributed by atoms with Gasteiger partial charge in [-0.2, -0.15) is 0 Å². The van der Waals surface area contributed by atoms with Gasteiger partial charge in [-0.25, -0.2) is 0 Å². The topological polar surface area (TPSA) is 49.4 Å². The molecule has 0 radical (unpaired) electrons. The van der Waals surface area contributed by atoms with Crippen molar-refractivity contribution in [2.45, 2.75) is 39.7 Å². The van der Waals surface area contributed by atoms with Crippen LogP contribution >= 0.6 is 0 Å². The first-order chi connectivity index (χ1) is 11.4. The zero-order chi connectivity index (χ0) is 17.3. The van der Waals surface area contributed by atoms with Crippen molar-refractivity contribution in [1.82, 2.24) is 0 Å². The molecule has 1 heterocycles. The van der Waals surface area contributed by atoms with Crippen LogP contribution < -0.4 is 10.2 Å². The van der Waals surface area contributed by atoms with Crippen molar-refractivity contribution in [2.75, 3.05) is 10.2 Å². The molecule has 0 saturated carbocycles. The van der Waals surface area contributed by atoms with E-state index < -0.39 is 6.04 Å². The molecule has 2 aromatic rings. The van der Waals surface area contributed by atoms with Crippen LogP contribution in [0.5, 0.6) is 0 Å². The van der Waals surface area contributed by atoms with E-state index >= 15 is 0 Å². The Morgan fingerprint density at radius 3 is 2.25 bits per heavy atom. The van der Waals surface area contributed by atoms with E-state index in [0.717, 1.165) is 28.1 Å². The van der Waals surface area contributed by atoms with Gasteiger partial charge >= 0.3 is 0 Å². The first kappa shape index (κ1) is 16.2. The summed E-state index contributed by atoms with van der Waals surface area (Å²) >= 11 is 0. The highest BCUT2D eigenvalue weighted by Gasteiger charge is 2.37. The highest BCUT2D eigenvalue weighted by molar-refractivity contribution is 6.07. The second-order valence-electron chi connectivity index (χ2n) is 6.52. The molecule has 24 heavy (non-hydrogen) atoms. The zero-order valence-electron chi connectivity index (χ0n) is 14.3. The number of nitrogens with zero attached hydrogens (tertiary/aromatic N) is 1. The molecule has 4 heteroatoms. The minimum absolute atomic E-state index is 0.000532. The van der Waals surface area contributed by atoms with Gasteiger partial charge in [0.05, 0.1) is 0 Å². The Bertz CT molecular complexity index is 760. The molecule has 2 aromatic carbocycles. The number of hydrogen-bond acceptors (Lipinski definition) is 2. The second-order valence-corrected chi connectivity index (χ2v) is 6.52. The molecule has 1 N–H and O–H groups in total. The van der Waals surface area contributed by atoms with Gasteiger partial charge in [-0.15, -0.1) is 0 Å². The fraction of sp³-hybridized carbons (Fsp3) is 0.300. The monoisotopic (exact) mass is 322 g/mol. The van der Waals surface area contributed by atoms with Crippen LogP contribution in [-0.4, -0.2) is 17.9 Å². The smallest absolute Gasteiger partial charge is 0.247 e. The molecule has 1 unspecified atom stereocenters. The summed E-state index contributed by atoms with van der Waals surface area (Å²) in [5.74, 6) is -0.133. The van der Waals surface area contributed by atoms with E-state index in [0.29, 0.717) is 12.8 Å². The van der Waals surface area contributed by atoms with Crippen molar-refractivity contribution in [3.05, 3.63) is 59.2 Å². The van der Waals surface area contributed by atoms with E-state index in [9.17, 15) is 9.59 Å². The van der Waals surface area contributed by atoms with Crippen LogP contribution in [0.25, 0.3) is 0 Å². The number of rotatable bonds is 3. The quantitative estimate of drug-likeness (QED) is 0.935. The Morgan fingerprint density at radius 1 is 1.00 bits per heavy atom. The maximum atomic E-state index is 12.7. The molecule has 1 aliphatic heterocycles. The van der Waals surface area contributed by atoms with Crippen molar-refractivity contribution in [1.29, 1.82) is 0 Å². The maximum Gasteiger partial charge on any atom is 0.247 e. The van der Waals surface area contributed by atoms with Gasteiger partial charge in [0.15, 0.2) is 0 Å². The summed E-state index contributed by atoms with van der Waals surface area (Å²) < 4.78 is 0. The SMILES string of the molecule is Cc1ccc(N2C(=O)CCC2C(=O)Nc2cc(C)cc(C)c2)cc1. The van der Waals surface area contributed by atoms with Crippen molar-refractivity contribution in [3.8, 4) is 0 Å². The van der Waals surface area contributed by atoms with Gasteiger partial charge in [0.25, 0.3) is 0 Å². The summed E-state index contributed by atoms with van der Waals surface area (Å²) in [6.45, 7) is 6.00. The molecular weight excluding hydrogens is 300 g/mol. The van der Waals surface area contributed by atoms with Crippen molar-refractivity contribution < 1.29 is 9.59 Å². The summed E-state index contributed by atoms with van der Waals surface area (Å²) in [5, 5.41) is 2.96. The molecule has 0 spiro atoms. The number of nitrogens with one attached hydrogen (secondary N) is 1. The first-order valence-corrected chi connectivity index (χ1v) is 8.22. The molecule has 1 atom stereocenters. The molecule has 1 saturated heterocycles. The predicted molar refractivity (Wildman–Crippen MR) is 96.2 cm³/mol. The molecular formula is C20H22N2O2. The van der Waals surface area contributed by atoms with E-state index in [-0.39, 0.29) is 11.8 Å². The average Bonchev–Trinajstić information content (AvgIpc) is 2.89. The van der Waals surface area contributed by atoms with Crippen molar-refractivity contribution in [2.24, 2.45) is 0 Å². The van der Waals surface area contributed by atoms with Crippen LogP contribution in [0.15, 0.2) is 42.5 Å². The summed E-state index contributed by atoms with van der Waals surface area (Å²) in [6.07, 6.45) is 0.947. The van der Waals surface area contributed by atoms with Gasteiger partial charge in [0.1, 0.15) is 6.04 Å². The molecule has 0 aromatic heterocycles. The lowest BCUT2D eigenvalue weighted by Gasteiger charge is -2.24. The van der Waals surface area contributed by atoms with Gasteiger partial charge in [-0.3, -0.25) is 14.5 Å². The largest absolute Gasteiger partial charge is 0.324 e. The Hall–Kier alpha value is -2.62. The molecule has 124 valence electrons. The number of benzene rings is 2. The molecule has 0 bridgehead atoms. The standard InChI is InChI=1S/C20H22N2O2/c1-13-4-6-17(7-5-13)22-18(8-9-19(22)23)20(24)21-16-11-14(2)10-15(3)12-16/h4-7,10-12,18H,8-9H2,1-3H3,(H,21,24). The normalized spacial score (nSPS) is 17.2. The summed E-state index contributed by atoms with van der Waals surface area (Å²) in [5.41, 5.74) is 4.89. The van der Waals surface area contributed by atoms with Gasteiger partial charge in [-0.1, -0.05) is 23.8 Å². The van der Waals surface area contributed by atoms with Crippen molar-refractivity contribution in [3.63, 3.8) is 0 Å². The van der Waals surface area contributed by atoms with Gasteiger partial charge in [-0.05, 0) is 62.6 Å². The van der Waals surface area contributed by atoms with Crippen LogP contribution in [0.4, 0.5) is 11.4 Å². The van der Waals surface area contributed by atoms with Gasteiger partial charge in [0, 0.05) is 17.8 Å². The van der Waals surface area contributed by atoms with Crippen LogP contribution in [0.1, 0.15) is 29.5 Å². The maximum absolute atomic E-state index is 12.7. The third-order valence-corrected chi connectivity index (χ3v) is 4.32. The molecule has 2 amide bonds. The number of amides is 2. The average molecular weight is 322 g/mol. The minimum atomic E-state index is -0.457. The second kappa shape index (κ2) is 6.48. The number of anilines is 2. The number of aryl methyl sites for hydroxylation is 3. The molecule has 1 fully saturated rings. The third kappa shape index (κ3) is 3.32. The van der Waals surface area contributed by atoms with Crippen LogP contribution in [0.3, 0.4) is 0 Å². The molecule has 3 rings (SSSR count). The molecule has 1 aliphatic rings. The van der Waals surface area contributed by atoms with Crippen LogP contribution in [0, 0.1) is 20.8 Å². The Morgan fingerprint density at radius 2 is 1.62 bits per heavy atom. The van der Waals surface area contributed by atoms with Crippen LogP contribution in [0.2, 0.25) is 0 Å². The molecule has 4 nitrogen and oxygen atoms in total. The van der Waals surface area contributed by atoms with E-state index in [1.807, 2.05) is 57.2 Å². The Kier molecular flexibility index (Phi) is 4.38. The Balaban J connectivity index is 1.82. The van der Waals surface area contributed by atoms with Gasteiger partial charge < -0.3 is 5.32 Å². The third-order valence-electron chi connectivity index (χ3n) is 4.32. The zero-order valence-corrected chi connectivity index (χ0v) is 14.3. The lowest BCUT2D eigenvalue weighted by atomic mass is 10.1. The van der Waals surface area contributed by atoms with E-state index in [2.05, 4.69) is 11.4 Å². The highest BCUT2D eigenvalue weighted by Crippen LogP contribution is 2.28. The van der Waals surface area contributed by atoms with E-state index in [1.54, 1.807) is 4.90 Å². The van der Waals surface area contributed by atoms with Crippen LogP contribution in [-0.2, 0) is 9.59 Å². The summed E-state index contributed by atoms with van der Waals surface area (Å²) in [4.78, 5) is 26.6. The lowest BCUT2D eigenvalue weighted by molar-refractivity contribution is -0.120. The number of carbonyl (C=O) groups excluding carboxylic acids is 2. The minimum Gasteiger partial charge on any atom is -0.324 e. The van der Waals surface area contributed by atoms with Crippen molar-refractivity contribution >= 4 is 23.2 Å². The van der Waals surface area contributed by atoms with Gasteiger partial charge in [0.2, 0.25) is 11.8 Å². The lowest BCUT2D eigenvalue weighted by Crippen LogP contribution is -2.41. The fourth-order valence-electron chi connectivity index (χ4n) is 3.23.